The molecule has 0 aromatic heterocycles. The lowest BCUT2D eigenvalue weighted by Crippen LogP contribution is -2.40. The lowest BCUT2D eigenvalue weighted by atomic mass is 9.86. The summed E-state index contributed by atoms with van der Waals surface area (Å²) >= 11 is 0. The van der Waals surface area contributed by atoms with E-state index in [1.54, 1.807) is 60.7 Å². The summed E-state index contributed by atoms with van der Waals surface area (Å²) in [5.41, 5.74) is -1.18. The first-order valence-corrected chi connectivity index (χ1v) is 8.49. The van der Waals surface area contributed by atoms with Crippen LogP contribution in [0, 0.1) is 0 Å². The van der Waals surface area contributed by atoms with Gasteiger partial charge in [-0.05, 0) is 28.8 Å². The van der Waals surface area contributed by atoms with Crippen LogP contribution in [0.5, 0.6) is 5.75 Å². The molecule has 6 heteroatoms. The van der Waals surface area contributed by atoms with Crippen molar-refractivity contribution in [1.29, 1.82) is 0 Å². The Balaban J connectivity index is 1.92. The Bertz CT molecular complexity index is 912. The molecule has 0 aliphatic carbocycles. The van der Waals surface area contributed by atoms with Gasteiger partial charge in [0.2, 0.25) is 5.60 Å². The third-order valence-corrected chi connectivity index (χ3v) is 4.32. The zero-order valence-electron chi connectivity index (χ0n) is 14.7. The van der Waals surface area contributed by atoms with Gasteiger partial charge in [-0.15, -0.1) is 0 Å². The van der Waals surface area contributed by atoms with Crippen LogP contribution in [-0.4, -0.2) is 27.3 Å². The van der Waals surface area contributed by atoms with Crippen LogP contribution in [0.4, 0.5) is 0 Å². The van der Waals surface area contributed by atoms with Gasteiger partial charge in [0.25, 0.3) is 0 Å². The number of aliphatic hydroxyl groups excluding tert-OH is 1. The van der Waals surface area contributed by atoms with E-state index in [-0.39, 0.29) is 11.3 Å². The number of benzene rings is 3. The van der Waals surface area contributed by atoms with Crippen molar-refractivity contribution in [2.24, 2.45) is 0 Å². The molecule has 3 aromatic rings. The van der Waals surface area contributed by atoms with Gasteiger partial charge >= 0.3 is 11.9 Å². The van der Waals surface area contributed by atoms with E-state index in [0.717, 1.165) is 0 Å². The van der Waals surface area contributed by atoms with Crippen LogP contribution in [0.15, 0.2) is 84.9 Å². The summed E-state index contributed by atoms with van der Waals surface area (Å²) in [5.74, 6) is -2.18. The summed E-state index contributed by atoms with van der Waals surface area (Å²) in [6, 6.07) is 22.3. The molecule has 142 valence electrons. The lowest BCUT2D eigenvalue weighted by molar-refractivity contribution is -0.152. The Morgan fingerprint density at radius 1 is 0.786 bits per heavy atom. The minimum atomic E-state index is -2.03. The second kappa shape index (κ2) is 8.04. The van der Waals surface area contributed by atoms with Crippen molar-refractivity contribution in [3.8, 4) is 5.75 Å². The quantitative estimate of drug-likeness (QED) is 0.450. The smallest absolute Gasteiger partial charge is 0.353 e. The Kier molecular flexibility index (Phi) is 5.54. The van der Waals surface area contributed by atoms with Crippen molar-refractivity contribution in [3.05, 3.63) is 102 Å². The first-order valence-electron chi connectivity index (χ1n) is 8.49. The molecular weight excluding hydrogens is 360 g/mol. The van der Waals surface area contributed by atoms with E-state index in [2.05, 4.69) is 0 Å². The average molecular weight is 378 g/mol. The molecule has 0 fully saturated rings. The molecule has 3 aromatic carbocycles. The van der Waals surface area contributed by atoms with E-state index in [0.29, 0.717) is 11.1 Å². The minimum absolute atomic E-state index is 0.108. The zero-order valence-corrected chi connectivity index (χ0v) is 14.7. The maximum absolute atomic E-state index is 12.9. The van der Waals surface area contributed by atoms with Gasteiger partial charge in [-0.3, -0.25) is 0 Å². The number of rotatable bonds is 6. The van der Waals surface area contributed by atoms with Crippen molar-refractivity contribution in [2.75, 3.05) is 0 Å². The van der Waals surface area contributed by atoms with E-state index >= 15 is 0 Å². The average Bonchev–Trinajstić information content (AvgIpc) is 2.74. The summed E-state index contributed by atoms with van der Waals surface area (Å²) in [5, 5.41) is 29.7. The van der Waals surface area contributed by atoms with Gasteiger partial charge in [-0.25, -0.2) is 9.59 Å². The Labute approximate surface area is 161 Å². The van der Waals surface area contributed by atoms with E-state index in [9.17, 15) is 19.8 Å². The third kappa shape index (κ3) is 3.78. The van der Waals surface area contributed by atoms with Gasteiger partial charge in [0, 0.05) is 0 Å². The number of ether oxygens (including phenoxy) is 1. The van der Waals surface area contributed by atoms with Crippen LogP contribution in [0.2, 0.25) is 0 Å². The first kappa shape index (κ1) is 19.3. The van der Waals surface area contributed by atoms with Crippen LogP contribution in [0.3, 0.4) is 0 Å². The topological polar surface area (TPSA) is 104 Å². The molecule has 1 unspecified atom stereocenters. The summed E-state index contributed by atoms with van der Waals surface area (Å²) < 4.78 is 5.37. The molecule has 0 aliphatic rings. The number of aliphatic hydroxyl groups is 2. The van der Waals surface area contributed by atoms with E-state index in [4.69, 9.17) is 9.84 Å². The summed E-state index contributed by atoms with van der Waals surface area (Å²) in [4.78, 5) is 23.8. The fourth-order valence-electron chi connectivity index (χ4n) is 2.80. The maximum atomic E-state index is 12.9. The van der Waals surface area contributed by atoms with Crippen LogP contribution < -0.4 is 4.74 Å². The van der Waals surface area contributed by atoms with E-state index in [1.165, 1.54) is 24.3 Å². The Hall–Kier alpha value is -3.48. The van der Waals surface area contributed by atoms with E-state index < -0.39 is 23.6 Å². The summed E-state index contributed by atoms with van der Waals surface area (Å²) in [6.45, 7) is 0. The molecule has 0 radical (unpaired) electrons. The highest BCUT2D eigenvalue weighted by molar-refractivity contribution is 5.87. The van der Waals surface area contributed by atoms with Crippen molar-refractivity contribution < 1.29 is 29.6 Å². The SMILES string of the molecule is O=C(O)C(O)c1ccc(OC(=O)C(O)(c2ccccc2)c2ccccc2)cc1. The zero-order chi connectivity index (χ0) is 20.1. The number of carbonyl (C=O) groups excluding carboxylic acids is 1. The van der Waals surface area contributed by atoms with Gasteiger partial charge in [0.1, 0.15) is 5.75 Å². The lowest BCUT2D eigenvalue weighted by Gasteiger charge is -2.27. The molecule has 0 bridgehead atoms. The number of carboxylic acid groups (broad SMARTS) is 1. The van der Waals surface area contributed by atoms with Gasteiger partial charge in [-0.2, -0.15) is 0 Å². The van der Waals surface area contributed by atoms with Crippen molar-refractivity contribution in [3.63, 3.8) is 0 Å². The number of hydrogen-bond acceptors (Lipinski definition) is 5. The van der Waals surface area contributed by atoms with E-state index in [1.807, 2.05) is 0 Å². The predicted octanol–water partition coefficient (Wildman–Crippen LogP) is 2.65. The highest BCUT2D eigenvalue weighted by atomic mass is 16.6. The predicted molar refractivity (Wildman–Crippen MR) is 101 cm³/mol. The number of hydrogen-bond donors (Lipinski definition) is 3. The van der Waals surface area contributed by atoms with Crippen molar-refractivity contribution in [1.82, 2.24) is 0 Å². The van der Waals surface area contributed by atoms with Crippen molar-refractivity contribution >= 4 is 11.9 Å². The van der Waals surface area contributed by atoms with Gasteiger partial charge in [-0.1, -0.05) is 72.8 Å². The van der Waals surface area contributed by atoms with Gasteiger partial charge in [0.05, 0.1) is 0 Å². The fraction of sp³-hybridized carbons (Fsp3) is 0.0909. The second-order valence-electron chi connectivity index (χ2n) is 6.14. The summed E-state index contributed by atoms with van der Waals surface area (Å²) in [7, 11) is 0. The second-order valence-corrected chi connectivity index (χ2v) is 6.14. The highest BCUT2D eigenvalue weighted by Crippen LogP contribution is 2.32. The Morgan fingerprint density at radius 2 is 1.25 bits per heavy atom. The molecule has 1 atom stereocenters. The van der Waals surface area contributed by atoms with Crippen molar-refractivity contribution in [2.45, 2.75) is 11.7 Å². The standard InChI is InChI=1S/C22H18O6/c23-19(20(24)25)15-11-13-18(14-12-15)28-21(26)22(27,16-7-3-1-4-8-16)17-9-5-2-6-10-17/h1-14,19,23,27H,(H,24,25). The molecule has 0 heterocycles. The minimum Gasteiger partial charge on any atom is -0.479 e. The molecule has 0 saturated heterocycles. The number of carboxylic acids is 1. The molecule has 28 heavy (non-hydrogen) atoms. The molecular formula is C22H18O6. The third-order valence-electron chi connectivity index (χ3n) is 4.32. The van der Waals surface area contributed by atoms with Gasteiger partial charge < -0.3 is 20.1 Å². The van der Waals surface area contributed by atoms with Crippen LogP contribution in [0.1, 0.15) is 22.8 Å². The fourth-order valence-corrected chi connectivity index (χ4v) is 2.80. The maximum Gasteiger partial charge on any atom is 0.353 e. The molecule has 0 aliphatic heterocycles. The van der Waals surface area contributed by atoms with Gasteiger partial charge in [0.15, 0.2) is 6.10 Å². The largest absolute Gasteiger partial charge is 0.479 e. The van der Waals surface area contributed by atoms with Crippen LogP contribution in [0.25, 0.3) is 0 Å². The highest BCUT2D eigenvalue weighted by Gasteiger charge is 2.42. The molecule has 3 rings (SSSR count). The summed E-state index contributed by atoms with van der Waals surface area (Å²) in [6.07, 6.45) is -1.67. The first-order chi connectivity index (χ1) is 13.4. The number of aliphatic carboxylic acids is 1. The molecule has 0 saturated carbocycles. The number of esters is 1. The Morgan fingerprint density at radius 3 is 1.68 bits per heavy atom. The molecule has 0 amide bonds. The normalized spacial score (nSPS) is 12.2. The molecule has 0 spiro atoms. The van der Waals surface area contributed by atoms with Crippen LogP contribution >= 0.6 is 0 Å². The monoisotopic (exact) mass is 378 g/mol. The molecule has 6 nitrogen and oxygen atoms in total. The number of carbonyl (C=O) groups is 2. The van der Waals surface area contributed by atoms with Crippen LogP contribution in [-0.2, 0) is 15.2 Å². The molecule has 3 N–H and O–H groups in total.